The maximum Gasteiger partial charge on any atom is 0.348 e. The standard InChI is InChI=1S/C13H16ClN3O2S/c1-5-6-19-12(18)9-7(2)8-10(14)15-13(17(3)4)16-11(8)20-9/h5-6H2,1-4H3. The van der Waals surface area contributed by atoms with E-state index in [-0.39, 0.29) is 5.97 Å². The summed E-state index contributed by atoms with van der Waals surface area (Å²) in [6.07, 6.45) is 0.793. The van der Waals surface area contributed by atoms with E-state index in [1.165, 1.54) is 11.3 Å². The van der Waals surface area contributed by atoms with Gasteiger partial charge < -0.3 is 9.64 Å². The molecule has 0 saturated carbocycles. The molecule has 5 nitrogen and oxygen atoms in total. The Morgan fingerprint density at radius 3 is 2.70 bits per heavy atom. The van der Waals surface area contributed by atoms with Crippen molar-refractivity contribution in [3.05, 3.63) is 15.6 Å². The SMILES string of the molecule is CCCOC(=O)c1sc2nc(N(C)C)nc(Cl)c2c1C. The van der Waals surface area contributed by atoms with Crippen molar-refractivity contribution in [3.8, 4) is 0 Å². The first-order valence-electron chi connectivity index (χ1n) is 6.26. The fraction of sp³-hybridized carbons (Fsp3) is 0.462. The topological polar surface area (TPSA) is 55.3 Å². The molecule has 2 aromatic heterocycles. The molecule has 0 aromatic carbocycles. The van der Waals surface area contributed by atoms with Crippen LogP contribution in [0.4, 0.5) is 5.95 Å². The normalized spacial score (nSPS) is 10.8. The predicted molar refractivity (Wildman–Crippen MR) is 82.1 cm³/mol. The number of halogens is 1. The molecule has 2 aromatic rings. The molecule has 0 spiro atoms. The first-order chi connectivity index (χ1) is 9.45. The van der Waals surface area contributed by atoms with E-state index in [0.29, 0.717) is 27.4 Å². The van der Waals surface area contributed by atoms with Crippen molar-refractivity contribution in [3.63, 3.8) is 0 Å². The van der Waals surface area contributed by atoms with Gasteiger partial charge in [0.25, 0.3) is 0 Å². The lowest BCUT2D eigenvalue weighted by Gasteiger charge is -2.09. The summed E-state index contributed by atoms with van der Waals surface area (Å²) < 4.78 is 5.17. The minimum atomic E-state index is -0.324. The molecule has 0 aliphatic heterocycles. The van der Waals surface area contributed by atoms with Crippen molar-refractivity contribution >= 4 is 45.1 Å². The first-order valence-corrected chi connectivity index (χ1v) is 7.46. The van der Waals surface area contributed by atoms with Crippen LogP contribution in [0, 0.1) is 6.92 Å². The Morgan fingerprint density at radius 2 is 2.10 bits per heavy atom. The van der Waals surface area contributed by atoms with Crippen LogP contribution in [0.3, 0.4) is 0 Å². The van der Waals surface area contributed by atoms with Gasteiger partial charge in [-0.25, -0.2) is 14.8 Å². The van der Waals surface area contributed by atoms with Gasteiger partial charge in [0, 0.05) is 14.1 Å². The fourth-order valence-corrected chi connectivity index (χ4v) is 3.17. The maximum atomic E-state index is 12.0. The van der Waals surface area contributed by atoms with Gasteiger partial charge >= 0.3 is 5.97 Å². The molecule has 0 radical (unpaired) electrons. The second kappa shape index (κ2) is 5.93. The highest BCUT2D eigenvalue weighted by Crippen LogP contribution is 2.35. The van der Waals surface area contributed by atoms with Gasteiger partial charge in [-0.3, -0.25) is 0 Å². The Morgan fingerprint density at radius 1 is 1.40 bits per heavy atom. The lowest BCUT2D eigenvalue weighted by atomic mass is 10.2. The Labute approximate surface area is 126 Å². The number of anilines is 1. The zero-order chi connectivity index (χ0) is 14.9. The van der Waals surface area contributed by atoms with Crippen molar-refractivity contribution in [2.45, 2.75) is 20.3 Å². The van der Waals surface area contributed by atoms with Crippen LogP contribution in [-0.2, 0) is 4.74 Å². The number of aromatic nitrogens is 2. The number of hydrogen-bond acceptors (Lipinski definition) is 6. The molecule has 0 fully saturated rings. The molecule has 0 unspecified atom stereocenters. The number of carbonyl (C=O) groups is 1. The van der Waals surface area contributed by atoms with Crippen molar-refractivity contribution < 1.29 is 9.53 Å². The third-order valence-corrected chi connectivity index (χ3v) is 4.20. The summed E-state index contributed by atoms with van der Waals surface area (Å²) in [7, 11) is 3.68. The van der Waals surface area contributed by atoms with Gasteiger partial charge in [0.1, 0.15) is 14.9 Å². The van der Waals surface area contributed by atoms with Crippen LogP contribution in [0.1, 0.15) is 28.6 Å². The van der Waals surface area contributed by atoms with E-state index in [4.69, 9.17) is 16.3 Å². The number of ether oxygens (including phenoxy) is 1. The van der Waals surface area contributed by atoms with Gasteiger partial charge in [0.2, 0.25) is 5.95 Å². The Balaban J connectivity index is 2.52. The lowest BCUT2D eigenvalue weighted by molar-refractivity contribution is 0.0510. The van der Waals surface area contributed by atoms with Crippen molar-refractivity contribution in [1.82, 2.24) is 9.97 Å². The smallest absolute Gasteiger partial charge is 0.348 e. The van der Waals surface area contributed by atoms with Gasteiger partial charge in [-0.1, -0.05) is 18.5 Å². The second-order valence-electron chi connectivity index (χ2n) is 4.58. The monoisotopic (exact) mass is 313 g/mol. The Hall–Kier alpha value is -1.40. The molecule has 2 rings (SSSR count). The zero-order valence-corrected chi connectivity index (χ0v) is 13.4. The van der Waals surface area contributed by atoms with E-state index >= 15 is 0 Å². The maximum absolute atomic E-state index is 12.0. The van der Waals surface area contributed by atoms with Crippen LogP contribution in [0.25, 0.3) is 10.2 Å². The van der Waals surface area contributed by atoms with Crippen LogP contribution >= 0.6 is 22.9 Å². The molecule has 0 N–H and O–H groups in total. The van der Waals surface area contributed by atoms with E-state index < -0.39 is 0 Å². The quantitative estimate of drug-likeness (QED) is 0.640. The van der Waals surface area contributed by atoms with Gasteiger partial charge in [-0.15, -0.1) is 11.3 Å². The molecule has 0 amide bonds. The number of thiophene rings is 1. The van der Waals surface area contributed by atoms with E-state index in [2.05, 4.69) is 9.97 Å². The summed E-state index contributed by atoms with van der Waals surface area (Å²) in [4.78, 5) is 23.7. The minimum absolute atomic E-state index is 0.324. The van der Waals surface area contributed by atoms with E-state index in [1.807, 2.05) is 27.9 Å². The predicted octanol–water partition coefficient (Wildman–Crippen LogP) is 3.29. The third-order valence-electron chi connectivity index (χ3n) is 2.76. The van der Waals surface area contributed by atoms with E-state index in [1.54, 1.807) is 4.90 Å². The minimum Gasteiger partial charge on any atom is -0.462 e. The summed E-state index contributed by atoms with van der Waals surface area (Å²) in [6, 6.07) is 0. The average Bonchev–Trinajstić information content (AvgIpc) is 2.73. The summed E-state index contributed by atoms with van der Waals surface area (Å²) >= 11 is 7.50. The van der Waals surface area contributed by atoms with Crippen LogP contribution in [0.5, 0.6) is 0 Å². The van der Waals surface area contributed by atoms with Crippen LogP contribution in [0.2, 0.25) is 5.15 Å². The zero-order valence-electron chi connectivity index (χ0n) is 11.9. The first kappa shape index (κ1) is 15.0. The number of aryl methyl sites for hydroxylation is 1. The van der Waals surface area contributed by atoms with Gasteiger partial charge in [-0.2, -0.15) is 0 Å². The Bertz CT molecular complexity index is 655. The molecule has 0 aliphatic rings. The number of hydrogen-bond donors (Lipinski definition) is 0. The molecule has 20 heavy (non-hydrogen) atoms. The van der Waals surface area contributed by atoms with Crippen molar-refractivity contribution in [2.24, 2.45) is 0 Å². The molecular weight excluding hydrogens is 298 g/mol. The van der Waals surface area contributed by atoms with Crippen LogP contribution < -0.4 is 4.90 Å². The van der Waals surface area contributed by atoms with Crippen LogP contribution in [0.15, 0.2) is 0 Å². The highest BCUT2D eigenvalue weighted by molar-refractivity contribution is 7.20. The lowest BCUT2D eigenvalue weighted by Crippen LogP contribution is -2.12. The second-order valence-corrected chi connectivity index (χ2v) is 5.94. The van der Waals surface area contributed by atoms with Crippen molar-refractivity contribution in [1.29, 1.82) is 0 Å². The molecule has 0 atom stereocenters. The fourth-order valence-electron chi connectivity index (χ4n) is 1.73. The van der Waals surface area contributed by atoms with Crippen LogP contribution in [-0.4, -0.2) is 36.6 Å². The number of nitrogens with zero attached hydrogens (tertiary/aromatic N) is 3. The van der Waals surface area contributed by atoms with E-state index in [0.717, 1.165) is 17.4 Å². The number of carbonyl (C=O) groups excluding carboxylic acids is 1. The van der Waals surface area contributed by atoms with Gasteiger partial charge in [-0.05, 0) is 18.9 Å². The summed E-state index contributed by atoms with van der Waals surface area (Å²) in [5.74, 6) is 0.201. The molecule has 7 heteroatoms. The van der Waals surface area contributed by atoms with Gasteiger partial charge in [0.05, 0.1) is 12.0 Å². The summed E-state index contributed by atoms with van der Waals surface area (Å²) in [5.41, 5.74) is 0.779. The van der Waals surface area contributed by atoms with E-state index in [9.17, 15) is 4.79 Å². The molecule has 0 aliphatic carbocycles. The Kier molecular flexibility index (Phi) is 4.45. The third kappa shape index (κ3) is 2.71. The molecule has 108 valence electrons. The summed E-state index contributed by atoms with van der Waals surface area (Å²) in [6.45, 7) is 4.21. The van der Waals surface area contributed by atoms with Crippen molar-refractivity contribution in [2.75, 3.05) is 25.6 Å². The molecule has 0 bridgehead atoms. The highest BCUT2D eigenvalue weighted by Gasteiger charge is 2.21. The van der Waals surface area contributed by atoms with Gasteiger partial charge in [0.15, 0.2) is 0 Å². The summed E-state index contributed by atoms with van der Waals surface area (Å²) in [5, 5.41) is 1.09. The number of rotatable bonds is 4. The largest absolute Gasteiger partial charge is 0.462 e. The molecular formula is C13H16ClN3O2S. The molecule has 2 heterocycles. The molecule has 0 saturated heterocycles. The average molecular weight is 314 g/mol. The highest BCUT2D eigenvalue weighted by atomic mass is 35.5. The number of esters is 1. The number of fused-ring (bicyclic) bond motifs is 1.